The highest BCUT2D eigenvalue weighted by atomic mass is 19.1. The van der Waals surface area contributed by atoms with Crippen LogP contribution in [0.4, 0.5) is 10.2 Å². The number of aliphatic hydroxyl groups is 1. The summed E-state index contributed by atoms with van der Waals surface area (Å²) in [6.07, 6.45) is 7.74. The maximum absolute atomic E-state index is 15.0. The number of nitrogens with zero attached hydrogens (tertiary/aromatic N) is 7. The minimum atomic E-state index is -0.373. The number of rotatable bonds is 6. The lowest BCUT2D eigenvalue weighted by Gasteiger charge is -2.28. The van der Waals surface area contributed by atoms with Crippen molar-refractivity contribution in [3.63, 3.8) is 0 Å². The normalized spacial score (nSPS) is 16.4. The molecule has 1 saturated carbocycles. The Labute approximate surface area is 200 Å². The Balaban J connectivity index is 1.33. The molecule has 35 heavy (non-hydrogen) atoms. The molecule has 0 radical (unpaired) electrons. The van der Waals surface area contributed by atoms with E-state index >= 15 is 0 Å². The summed E-state index contributed by atoms with van der Waals surface area (Å²) in [6.45, 7) is 2.17. The predicted molar refractivity (Wildman–Crippen MR) is 126 cm³/mol. The van der Waals surface area contributed by atoms with Crippen LogP contribution in [0.2, 0.25) is 0 Å². The Kier molecular flexibility index (Phi) is 5.18. The molecule has 10 heteroatoms. The number of aliphatic hydroxyl groups excluding tert-OH is 1. The number of halogens is 1. The molecule has 1 aromatic carbocycles. The van der Waals surface area contributed by atoms with Gasteiger partial charge in [0.25, 0.3) is 5.91 Å². The van der Waals surface area contributed by atoms with Gasteiger partial charge in [-0.15, -0.1) is 10.2 Å². The highest BCUT2D eigenvalue weighted by Gasteiger charge is 2.30. The van der Waals surface area contributed by atoms with E-state index in [-0.39, 0.29) is 24.4 Å². The van der Waals surface area contributed by atoms with Crippen molar-refractivity contribution in [1.29, 1.82) is 0 Å². The van der Waals surface area contributed by atoms with Crippen LogP contribution in [-0.2, 0) is 6.42 Å². The second-order valence-electron chi connectivity index (χ2n) is 9.12. The van der Waals surface area contributed by atoms with E-state index in [2.05, 4.69) is 20.2 Å². The number of amides is 1. The molecule has 3 aromatic heterocycles. The highest BCUT2D eigenvalue weighted by molar-refractivity contribution is 6.08. The van der Waals surface area contributed by atoms with Gasteiger partial charge in [-0.05, 0) is 56.0 Å². The lowest BCUT2D eigenvalue weighted by Crippen LogP contribution is -2.38. The van der Waals surface area contributed by atoms with Crippen molar-refractivity contribution in [2.75, 3.05) is 18.1 Å². The van der Waals surface area contributed by atoms with Crippen molar-refractivity contribution in [1.82, 2.24) is 29.3 Å². The Bertz CT molecular complexity index is 1420. The van der Waals surface area contributed by atoms with Crippen LogP contribution in [0.1, 0.15) is 53.3 Å². The molecule has 1 amide bonds. The van der Waals surface area contributed by atoms with Crippen LogP contribution in [0.25, 0.3) is 17.2 Å². The molecule has 1 N–H and O–H groups in total. The maximum atomic E-state index is 15.0. The molecule has 4 heterocycles. The molecule has 9 nitrogen and oxygen atoms in total. The van der Waals surface area contributed by atoms with Crippen molar-refractivity contribution in [2.45, 2.75) is 38.1 Å². The van der Waals surface area contributed by atoms with Crippen LogP contribution in [0, 0.1) is 5.82 Å². The Hall–Kier alpha value is -3.92. The number of hydrogen-bond donors (Lipinski definition) is 1. The molecule has 0 spiro atoms. The second-order valence-corrected chi connectivity index (χ2v) is 9.12. The Morgan fingerprint density at radius 2 is 2.09 bits per heavy atom. The SMILES string of the molecule is CC(CO)n1cnnc1-c1cccc(N2CCc3cc(F)c(-n4cnc(C5CC5)c4)cc3C2=O)n1. The number of fused-ring (bicyclic) bond motifs is 1. The van der Waals surface area contributed by atoms with E-state index in [9.17, 15) is 14.3 Å². The van der Waals surface area contributed by atoms with Crippen LogP contribution in [0.3, 0.4) is 0 Å². The standard InChI is InChI=1S/C25H24FN7O2/c1-15(12-34)33-14-28-30-24(33)20-3-2-4-23(29-20)32-8-7-17-9-19(26)22(10-18(17)25(32)35)31-11-21(27-13-31)16-5-6-16/h2-4,9-11,13-16,34H,5-8,12H2,1H3. The van der Waals surface area contributed by atoms with Crippen molar-refractivity contribution in [2.24, 2.45) is 0 Å². The van der Waals surface area contributed by atoms with Crippen LogP contribution in [0.15, 0.2) is 49.2 Å². The van der Waals surface area contributed by atoms with Crippen LogP contribution in [-0.4, -0.2) is 53.5 Å². The molecule has 2 aliphatic rings. The van der Waals surface area contributed by atoms with Crippen molar-refractivity contribution >= 4 is 11.7 Å². The molecular weight excluding hydrogens is 449 g/mol. The summed E-state index contributed by atoms with van der Waals surface area (Å²) in [7, 11) is 0. The zero-order chi connectivity index (χ0) is 24.1. The van der Waals surface area contributed by atoms with E-state index in [0.29, 0.717) is 53.0 Å². The molecule has 0 saturated heterocycles. The largest absolute Gasteiger partial charge is 0.394 e. The topological polar surface area (TPSA) is 102 Å². The van der Waals surface area contributed by atoms with Gasteiger partial charge in [0.15, 0.2) is 5.82 Å². The summed E-state index contributed by atoms with van der Waals surface area (Å²) in [5, 5.41) is 17.6. The number of pyridine rings is 1. The van der Waals surface area contributed by atoms with Crippen LogP contribution in [0.5, 0.6) is 0 Å². The molecule has 1 atom stereocenters. The first-order valence-electron chi connectivity index (χ1n) is 11.7. The molecule has 1 fully saturated rings. The van der Waals surface area contributed by atoms with E-state index in [4.69, 9.17) is 0 Å². The summed E-state index contributed by atoms with van der Waals surface area (Å²) >= 11 is 0. The van der Waals surface area contributed by atoms with Gasteiger partial charge in [0, 0.05) is 24.2 Å². The van der Waals surface area contributed by atoms with Gasteiger partial charge in [-0.25, -0.2) is 14.4 Å². The zero-order valence-corrected chi connectivity index (χ0v) is 19.2. The van der Waals surface area contributed by atoms with Crippen LogP contribution < -0.4 is 4.90 Å². The average Bonchev–Trinajstić information content (AvgIpc) is 3.39. The fourth-order valence-corrected chi connectivity index (χ4v) is 4.50. The number of aromatic nitrogens is 6. The summed E-state index contributed by atoms with van der Waals surface area (Å²) in [6, 6.07) is 8.22. The average molecular weight is 474 g/mol. The van der Waals surface area contributed by atoms with Crippen molar-refractivity contribution < 1.29 is 14.3 Å². The number of carbonyl (C=O) groups excluding carboxylic acids is 1. The zero-order valence-electron chi connectivity index (χ0n) is 19.2. The molecule has 1 aliphatic heterocycles. The number of anilines is 1. The highest BCUT2D eigenvalue weighted by Crippen LogP contribution is 2.39. The van der Waals surface area contributed by atoms with Crippen molar-refractivity contribution in [3.8, 4) is 17.2 Å². The smallest absolute Gasteiger partial charge is 0.259 e. The first-order chi connectivity index (χ1) is 17.0. The van der Waals surface area contributed by atoms with E-state index < -0.39 is 0 Å². The summed E-state index contributed by atoms with van der Waals surface area (Å²) in [4.78, 5) is 24.2. The van der Waals surface area contributed by atoms with Gasteiger partial charge in [0.2, 0.25) is 0 Å². The third kappa shape index (κ3) is 3.79. The summed E-state index contributed by atoms with van der Waals surface area (Å²) in [5.41, 5.74) is 2.96. The number of carbonyl (C=O) groups is 1. The molecule has 1 aliphatic carbocycles. The summed E-state index contributed by atoms with van der Waals surface area (Å²) < 4.78 is 18.4. The Morgan fingerprint density at radius 1 is 1.23 bits per heavy atom. The first-order valence-corrected chi connectivity index (χ1v) is 11.7. The molecular formula is C25H24FN7O2. The van der Waals surface area contributed by atoms with E-state index in [1.165, 1.54) is 6.07 Å². The predicted octanol–water partition coefficient (Wildman–Crippen LogP) is 3.30. The molecule has 0 bridgehead atoms. The minimum absolute atomic E-state index is 0.0654. The lowest BCUT2D eigenvalue weighted by atomic mass is 9.97. The van der Waals surface area contributed by atoms with Gasteiger partial charge >= 0.3 is 0 Å². The van der Waals surface area contributed by atoms with Gasteiger partial charge in [0.1, 0.15) is 23.7 Å². The van der Waals surface area contributed by atoms with Gasteiger partial charge in [-0.2, -0.15) is 0 Å². The molecule has 4 aromatic rings. The third-order valence-electron chi connectivity index (χ3n) is 6.68. The van der Waals surface area contributed by atoms with Gasteiger partial charge in [-0.1, -0.05) is 6.07 Å². The van der Waals surface area contributed by atoms with Gasteiger partial charge in [-0.3, -0.25) is 9.69 Å². The summed E-state index contributed by atoms with van der Waals surface area (Å²) in [5.74, 6) is 0.841. The second kappa shape index (κ2) is 8.38. The Morgan fingerprint density at radius 3 is 2.89 bits per heavy atom. The first kappa shape index (κ1) is 21.6. The van der Waals surface area contributed by atoms with Crippen LogP contribution >= 0.6 is 0 Å². The quantitative estimate of drug-likeness (QED) is 0.461. The minimum Gasteiger partial charge on any atom is -0.394 e. The fourth-order valence-electron chi connectivity index (χ4n) is 4.50. The number of benzene rings is 1. The molecule has 1 unspecified atom stereocenters. The van der Waals surface area contributed by atoms with E-state index in [1.807, 2.05) is 19.2 Å². The maximum Gasteiger partial charge on any atom is 0.259 e. The van der Waals surface area contributed by atoms with Gasteiger partial charge < -0.3 is 14.2 Å². The third-order valence-corrected chi connectivity index (χ3v) is 6.68. The molecule has 6 rings (SSSR count). The van der Waals surface area contributed by atoms with E-state index in [1.54, 1.807) is 44.9 Å². The fraction of sp³-hybridized carbons (Fsp3) is 0.320. The van der Waals surface area contributed by atoms with E-state index in [0.717, 1.165) is 18.5 Å². The monoisotopic (exact) mass is 473 g/mol. The van der Waals surface area contributed by atoms with Crippen molar-refractivity contribution in [3.05, 3.63) is 71.8 Å². The number of imidazole rings is 1. The molecule has 178 valence electrons. The number of hydrogen-bond acceptors (Lipinski definition) is 6. The lowest BCUT2D eigenvalue weighted by molar-refractivity contribution is 0.0979. The van der Waals surface area contributed by atoms with Gasteiger partial charge in [0.05, 0.1) is 30.4 Å².